The van der Waals surface area contributed by atoms with Crippen molar-refractivity contribution in [3.8, 4) is 0 Å². The number of Topliss-reactive ketones (excluding diaryl/α,β-unsaturated/α-hetero) is 1. The molecule has 1 aliphatic heterocycles. The molecule has 1 heterocycles. The van der Waals surface area contributed by atoms with E-state index in [1.54, 1.807) is 13.2 Å². The summed E-state index contributed by atoms with van der Waals surface area (Å²) in [6, 6.07) is 0. The van der Waals surface area contributed by atoms with Crippen LogP contribution in [0, 0.1) is 29.6 Å². The molecule has 10 heteroatoms. The second-order valence-electron chi connectivity index (χ2n) is 17.1. The van der Waals surface area contributed by atoms with E-state index in [1.807, 2.05) is 54.5 Å². The first-order chi connectivity index (χ1) is 26.8. The van der Waals surface area contributed by atoms with Crippen LogP contribution >= 0.6 is 0 Å². The molecule has 1 rings (SSSR count). The molecule has 0 saturated heterocycles. The third kappa shape index (κ3) is 31.2. The number of carboxylic acids is 1. The van der Waals surface area contributed by atoms with Crippen molar-refractivity contribution in [1.82, 2.24) is 4.90 Å². The lowest BCUT2D eigenvalue weighted by atomic mass is 9.84. The van der Waals surface area contributed by atoms with Gasteiger partial charge in [-0.3, -0.25) is 9.59 Å². The number of hydrogen-bond donors (Lipinski definition) is 5. The van der Waals surface area contributed by atoms with E-state index < -0.39 is 23.5 Å². The molecule has 1 aliphatic rings. The largest absolute Gasteiger partial charge is 0.481 e. The Morgan fingerprint density at radius 3 is 2.07 bits per heavy atom. The van der Waals surface area contributed by atoms with Crippen LogP contribution < -0.4 is 5.73 Å². The van der Waals surface area contributed by atoms with Gasteiger partial charge in [-0.1, -0.05) is 100 Å². The number of nitrogens with two attached hydrogens (primary N) is 1. The number of nitrogens with zero attached hydrogens (tertiary/aromatic N) is 1. The van der Waals surface area contributed by atoms with Crippen molar-refractivity contribution in [3.63, 3.8) is 0 Å². The SMILES string of the molecule is CC.CC.CCC(CCC[C@@](C)(O)CCC1CC=CC(O)(C(C)CC(C)CCC(=O)C(C)C[C@H](C)CCCCC(O)CC(=O)O)O1)C(C)OC.CN(C)CCCN. The van der Waals surface area contributed by atoms with E-state index in [-0.39, 0.29) is 42.2 Å². The van der Waals surface area contributed by atoms with Gasteiger partial charge in [0, 0.05) is 25.4 Å². The molecule has 0 radical (unpaired) electrons. The molecule has 6 N–H and O–H groups in total. The van der Waals surface area contributed by atoms with Crippen LogP contribution in [0.1, 0.15) is 185 Å². The van der Waals surface area contributed by atoms with Gasteiger partial charge in [0.1, 0.15) is 5.78 Å². The van der Waals surface area contributed by atoms with Gasteiger partial charge in [0.15, 0.2) is 5.79 Å². The maximum atomic E-state index is 12.9. The molecule has 0 aromatic heterocycles. The van der Waals surface area contributed by atoms with Crippen LogP contribution in [0.5, 0.6) is 0 Å². The molecule has 0 fully saturated rings. The number of ketones is 1. The van der Waals surface area contributed by atoms with Crippen LogP contribution in [0.2, 0.25) is 0 Å². The van der Waals surface area contributed by atoms with E-state index in [0.29, 0.717) is 37.5 Å². The van der Waals surface area contributed by atoms with E-state index in [1.165, 1.54) is 0 Å². The summed E-state index contributed by atoms with van der Waals surface area (Å²) in [6.07, 6.45) is 15.9. The molecule has 342 valence electrons. The molecule has 0 bridgehead atoms. The molecule has 0 aromatic carbocycles. The number of carbonyl (C=O) groups is 2. The zero-order chi connectivity index (χ0) is 44.6. The van der Waals surface area contributed by atoms with Gasteiger partial charge in [0.05, 0.1) is 30.3 Å². The van der Waals surface area contributed by atoms with Crippen LogP contribution in [-0.2, 0) is 19.1 Å². The van der Waals surface area contributed by atoms with Gasteiger partial charge in [-0.05, 0) is 129 Å². The predicted molar refractivity (Wildman–Crippen MR) is 239 cm³/mol. The first-order valence-corrected chi connectivity index (χ1v) is 22.9. The lowest BCUT2D eigenvalue weighted by molar-refractivity contribution is -0.234. The second kappa shape index (κ2) is 35.4. The molecule has 0 spiro atoms. The summed E-state index contributed by atoms with van der Waals surface area (Å²) in [5.41, 5.74) is 4.48. The zero-order valence-electron chi connectivity index (χ0n) is 39.7. The van der Waals surface area contributed by atoms with Crippen molar-refractivity contribution in [3.05, 3.63) is 12.2 Å². The van der Waals surface area contributed by atoms with E-state index in [0.717, 1.165) is 90.1 Å². The maximum absolute atomic E-state index is 12.9. The van der Waals surface area contributed by atoms with E-state index >= 15 is 0 Å². The van der Waals surface area contributed by atoms with Crippen molar-refractivity contribution >= 4 is 11.8 Å². The Kier molecular flexibility index (Phi) is 37.2. The van der Waals surface area contributed by atoms with Gasteiger partial charge in [-0.25, -0.2) is 0 Å². The van der Waals surface area contributed by atoms with Gasteiger partial charge in [0.25, 0.3) is 0 Å². The number of carboxylic acid groups (broad SMARTS) is 1. The Morgan fingerprint density at radius 1 is 0.947 bits per heavy atom. The molecule has 10 atom stereocenters. The van der Waals surface area contributed by atoms with Crippen LogP contribution in [0.4, 0.5) is 0 Å². The summed E-state index contributed by atoms with van der Waals surface area (Å²) in [5, 5.41) is 40.9. The summed E-state index contributed by atoms with van der Waals surface area (Å²) in [6.45, 7) is 24.4. The molecule has 0 saturated carbocycles. The maximum Gasteiger partial charge on any atom is 0.305 e. The molecule has 8 unspecified atom stereocenters. The zero-order valence-corrected chi connectivity index (χ0v) is 39.7. The predicted octanol–water partition coefficient (Wildman–Crippen LogP) is 9.80. The Morgan fingerprint density at radius 2 is 1.54 bits per heavy atom. The smallest absolute Gasteiger partial charge is 0.305 e. The topological polar surface area (TPSA) is 163 Å². The second-order valence-corrected chi connectivity index (χ2v) is 17.1. The van der Waals surface area contributed by atoms with E-state index in [4.69, 9.17) is 20.3 Å². The molecule has 0 aliphatic carbocycles. The molecular weight excluding hydrogens is 721 g/mol. The highest BCUT2D eigenvalue weighted by Gasteiger charge is 2.38. The summed E-state index contributed by atoms with van der Waals surface area (Å²) < 4.78 is 11.8. The number of rotatable bonds is 29. The minimum absolute atomic E-state index is 0.00835. The van der Waals surface area contributed by atoms with Crippen LogP contribution in [0.3, 0.4) is 0 Å². The number of aliphatic hydroxyl groups is 3. The van der Waals surface area contributed by atoms with Crippen molar-refractivity contribution < 1.29 is 39.5 Å². The molecular formula is C47H96N2O8. The quantitative estimate of drug-likeness (QED) is 0.0363. The molecule has 0 amide bonds. The molecule has 0 aromatic rings. The van der Waals surface area contributed by atoms with Crippen LogP contribution in [-0.4, -0.2) is 101 Å². The fourth-order valence-electron chi connectivity index (χ4n) is 7.47. The number of carbonyl (C=O) groups excluding carboxylic acids is 1. The average Bonchev–Trinajstić information content (AvgIpc) is 3.16. The van der Waals surface area contributed by atoms with E-state index in [2.05, 4.69) is 46.7 Å². The lowest BCUT2D eigenvalue weighted by Crippen LogP contribution is -2.44. The number of aliphatic carboxylic acids is 1. The van der Waals surface area contributed by atoms with Gasteiger partial charge in [-0.2, -0.15) is 0 Å². The highest BCUT2D eigenvalue weighted by Crippen LogP contribution is 2.35. The number of unbranched alkanes of at least 4 members (excludes halogenated alkanes) is 1. The minimum atomic E-state index is -1.34. The minimum Gasteiger partial charge on any atom is -0.481 e. The molecule has 57 heavy (non-hydrogen) atoms. The number of hydrogen-bond acceptors (Lipinski definition) is 9. The lowest BCUT2D eigenvalue weighted by Gasteiger charge is -2.39. The monoisotopic (exact) mass is 817 g/mol. The van der Waals surface area contributed by atoms with Crippen molar-refractivity contribution in [2.75, 3.05) is 34.3 Å². The van der Waals surface area contributed by atoms with Crippen molar-refractivity contribution in [1.29, 1.82) is 0 Å². The Hall–Kier alpha value is -1.40. The van der Waals surface area contributed by atoms with Crippen molar-refractivity contribution in [2.45, 2.75) is 215 Å². The Labute approximate surface area is 352 Å². The summed E-state index contributed by atoms with van der Waals surface area (Å²) in [5.74, 6) is -1.02. The summed E-state index contributed by atoms with van der Waals surface area (Å²) in [4.78, 5) is 25.7. The third-order valence-electron chi connectivity index (χ3n) is 11.3. The average molecular weight is 817 g/mol. The fraction of sp³-hybridized carbons (Fsp3) is 0.915. The summed E-state index contributed by atoms with van der Waals surface area (Å²) >= 11 is 0. The van der Waals surface area contributed by atoms with E-state index in [9.17, 15) is 24.9 Å². The van der Waals surface area contributed by atoms with Crippen molar-refractivity contribution in [2.24, 2.45) is 35.3 Å². The highest BCUT2D eigenvalue weighted by atomic mass is 16.6. The third-order valence-corrected chi connectivity index (χ3v) is 11.3. The molecule has 10 nitrogen and oxygen atoms in total. The normalized spacial score (nSPS) is 21.1. The van der Waals surface area contributed by atoms with Crippen LogP contribution in [0.15, 0.2) is 12.2 Å². The highest BCUT2D eigenvalue weighted by molar-refractivity contribution is 5.80. The number of aliphatic hydroxyl groups excluding tert-OH is 1. The number of ether oxygens (including phenoxy) is 2. The van der Waals surface area contributed by atoms with Gasteiger partial charge in [0.2, 0.25) is 0 Å². The summed E-state index contributed by atoms with van der Waals surface area (Å²) in [7, 11) is 5.86. The van der Waals surface area contributed by atoms with Crippen LogP contribution in [0.25, 0.3) is 0 Å². The van der Waals surface area contributed by atoms with Gasteiger partial charge < -0.3 is 40.5 Å². The van der Waals surface area contributed by atoms with Gasteiger partial charge >= 0.3 is 5.97 Å². The Bertz CT molecular complexity index is 992. The first kappa shape index (κ1) is 59.9. The standard InChI is InChI=1S/C38H70O8.C5H14N2.2C2H6/c1-9-32(31(6)45-8)15-12-21-37(7,43)23-20-34-17-13-22-38(44,46-34)30(5)25-28(3)18-19-35(40)29(4)24-27(2)14-10-11-16-33(39)26-36(41)42;1-7(2)5-3-4-6;2*1-2/h13,22,27-34,39,43-44H,9-12,14-21,23-26H2,1-8H3,(H,41,42);3-6H2,1-2H3;2*1-2H3/t27-,28?,29?,30?,31?,32?,33?,34?,37-,38?;;;/m1.../s1. The van der Waals surface area contributed by atoms with Gasteiger partial charge in [-0.15, -0.1) is 0 Å². The Balaban J connectivity index is -0.00000234. The number of methoxy groups -OCH3 is 1. The first-order valence-electron chi connectivity index (χ1n) is 22.9. The fourth-order valence-corrected chi connectivity index (χ4v) is 7.47.